The number of aliphatic hydroxyl groups excluding tert-OH is 1. The first-order valence-corrected chi connectivity index (χ1v) is 11.0. The number of nitrogens with zero attached hydrogens (tertiary/aromatic N) is 1. The van der Waals surface area contributed by atoms with E-state index in [1.165, 1.54) is 12.3 Å². The Morgan fingerprint density at radius 3 is 2.58 bits per heavy atom. The van der Waals surface area contributed by atoms with Gasteiger partial charge in [-0.15, -0.1) is 0 Å². The minimum absolute atomic E-state index is 0.0169. The number of amides is 1. The molecule has 2 aliphatic heterocycles. The van der Waals surface area contributed by atoms with Crippen LogP contribution in [0.5, 0.6) is 0 Å². The van der Waals surface area contributed by atoms with E-state index in [1.54, 1.807) is 0 Å². The van der Waals surface area contributed by atoms with Crippen LogP contribution in [-0.2, 0) is 18.8 Å². The van der Waals surface area contributed by atoms with Gasteiger partial charge in [0.15, 0.2) is 26.5 Å². The minimum atomic E-state index is -2.06. The van der Waals surface area contributed by atoms with E-state index in [4.69, 9.17) is 9.16 Å². The third-order valence-electron chi connectivity index (χ3n) is 5.02. The Kier molecular flexibility index (Phi) is 5.34. The number of rotatable bonds is 4. The smallest absolute Gasteiger partial charge is 0.236 e. The van der Waals surface area contributed by atoms with E-state index < -0.39 is 38.8 Å². The molecule has 2 aliphatic rings. The maximum Gasteiger partial charge on any atom is 0.236 e. The number of ether oxygens (including phenoxy) is 1. The molecule has 8 heteroatoms. The number of hydrogen-bond acceptors (Lipinski definition) is 5. The number of ketones is 1. The number of halogens is 1. The summed E-state index contributed by atoms with van der Waals surface area (Å²) < 4.78 is 26.0. The van der Waals surface area contributed by atoms with Gasteiger partial charge in [-0.05, 0) is 24.2 Å². The summed E-state index contributed by atoms with van der Waals surface area (Å²) in [5, 5.41) is 10.1. The number of carbonyl (C=O) groups excluding carboxylic acids is 2. The summed E-state index contributed by atoms with van der Waals surface area (Å²) in [6.07, 6.45) is -3.09. The normalized spacial score (nSPS) is 31.9. The minimum Gasteiger partial charge on any atom is -0.414 e. The fourth-order valence-electron chi connectivity index (χ4n) is 2.34. The number of carbonyl (C=O) groups is 2. The molecule has 2 rings (SSSR count). The van der Waals surface area contributed by atoms with Gasteiger partial charge in [0.05, 0.1) is 13.0 Å². The molecule has 136 valence electrons. The molecule has 1 fully saturated rings. The molecule has 0 aromatic rings. The molecule has 0 aliphatic carbocycles. The summed E-state index contributed by atoms with van der Waals surface area (Å²) in [5.41, 5.74) is 0. The van der Waals surface area contributed by atoms with Gasteiger partial charge in [0.25, 0.3) is 0 Å². The molecule has 4 atom stereocenters. The zero-order valence-corrected chi connectivity index (χ0v) is 15.8. The molecule has 0 spiro atoms. The van der Waals surface area contributed by atoms with Gasteiger partial charge in [0.1, 0.15) is 12.2 Å². The maximum absolute atomic E-state index is 14.4. The van der Waals surface area contributed by atoms with Crippen molar-refractivity contribution in [1.29, 1.82) is 0 Å². The van der Waals surface area contributed by atoms with Gasteiger partial charge in [-0.3, -0.25) is 14.5 Å². The Morgan fingerprint density at radius 2 is 2.04 bits per heavy atom. The molecule has 1 saturated heterocycles. The van der Waals surface area contributed by atoms with Crippen LogP contribution in [0.1, 0.15) is 27.2 Å². The Balaban J connectivity index is 2.04. The summed E-state index contributed by atoms with van der Waals surface area (Å²) in [6.45, 7) is 10.4. The SMILES string of the molecule is CC(C)(C)[Si](C)(C)OC[C@@H]1O[C@H](N2C=CC(=O)CC2=O)[C@@H](F)[C@H]1O. The van der Waals surface area contributed by atoms with E-state index in [0.29, 0.717) is 0 Å². The molecule has 1 amide bonds. The second kappa shape index (κ2) is 6.66. The van der Waals surface area contributed by atoms with E-state index in [2.05, 4.69) is 33.9 Å². The highest BCUT2D eigenvalue weighted by Gasteiger charge is 2.49. The molecule has 0 radical (unpaired) electrons. The number of aliphatic hydroxyl groups is 1. The lowest BCUT2D eigenvalue weighted by Crippen LogP contribution is -2.44. The van der Waals surface area contributed by atoms with Crippen LogP contribution in [0.3, 0.4) is 0 Å². The van der Waals surface area contributed by atoms with Gasteiger partial charge in [0, 0.05) is 6.20 Å². The molecular weight excluding hydrogens is 333 g/mol. The second-order valence-electron chi connectivity index (χ2n) is 7.83. The predicted molar refractivity (Wildman–Crippen MR) is 88.3 cm³/mol. The molecular formula is C16H26FNO5Si. The Morgan fingerprint density at radius 1 is 1.42 bits per heavy atom. The quantitative estimate of drug-likeness (QED) is 0.611. The topological polar surface area (TPSA) is 76.1 Å². The second-order valence-corrected chi connectivity index (χ2v) is 12.6. The third-order valence-corrected chi connectivity index (χ3v) is 9.52. The average molecular weight is 359 g/mol. The van der Waals surface area contributed by atoms with Crippen molar-refractivity contribution in [3.8, 4) is 0 Å². The molecule has 0 saturated carbocycles. The first-order valence-electron chi connectivity index (χ1n) is 8.08. The van der Waals surface area contributed by atoms with Gasteiger partial charge >= 0.3 is 0 Å². The fourth-order valence-corrected chi connectivity index (χ4v) is 3.36. The van der Waals surface area contributed by atoms with Crippen LogP contribution in [0, 0.1) is 0 Å². The average Bonchev–Trinajstić information content (AvgIpc) is 2.72. The highest BCUT2D eigenvalue weighted by molar-refractivity contribution is 6.74. The van der Waals surface area contributed by atoms with Crippen LogP contribution in [0.2, 0.25) is 18.1 Å². The van der Waals surface area contributed by atoms with Crippen molar-refractivity contribution in [3.05, 3.63) is 12.3 Å². The van der Waals surface area contributed by atoms with Crippen LogP contribution < -0.4 is 0 Å². The van der Waals surface area contributed by atoms with Crippen LogP contribution >= 0.6 is 0 Å². The Labute approximate surface area is 142 Å². The van der Waals surface area contributed by atoms with Crippen molar-refractivity contribution in [2.45, 2.75) is 69.9 Å². The van der Waals surface area contributed by atoms with E-state index in [0.717, 1.165) is 4.90 Å². The molecule has 0 bridgehead atoms. The van der Waals surface area contributed by atoms with Gasteiger partial charge in [-0.25, -0.2) is 4.39 Å². The summed E-state index contributed by atoms with van der Waals surface area (Å²) in [4.78, 5) is 24.2. The van der Waals surface area contributed by atoms with Crippen LogP contribution in [0.15, 0.2) is 12.3 Å². The molecule has 0 aromatic heterocycles. The largest absolute Gasteiger partial charge is 0.414 e. The van der Waals surface area contributed by atoms with E-state index in [-0.39, 0.29) is 23.8 Å². The van der Waals surface area contributed by atoms with Crippen molar-refractivity contribution >= 4 is 20.0 Å². The Bertz CT molecular complexity index is 545. The molecule has 2 heterocycles. The fraction of sp³-hybridized carbons (Fsp3) is 0.750. The van der Waals surface area contributed by atoms with Crippen molar-refractivity contribution in [1.82, 2.24) is 4.90 Å². The zero-order valence-electron chi connectivity index (χ0n) is 14.8. The Hall–Kier alpha value is -1.09. The standard InChI is InChI=1S/C16H26FNO5Si/c1-16(2,3)24(4,5)22-9-11-14(21)13(17)15(23-11)18-7-6-10(19)8-12(18)20/h6-7,11,13-15,21H,8-9H2,1-5H3/t11-,13-,14-,15-/m0/s1. The summed E-state index contributed by atoms with van der Waals surface area (Å²) >= 11 is 0. The highest BCUT2D eigenvalue weighted by atomic mass is 28.4. The molecule has 0 unspecified atom stereocenters. The lowest BCUT2D eigenvalue weighted by atomic mass is 10.1. The predicted octanol–water partition coefficient (Wildman–Crippen LogP) is 1.75. The number of hydrogen-bond donors (Lipinski definition) is 1. The lowest BCUT2D eigenvalue weighted by molar-refractivity contribution is -0.146. The van der Waals surface area contributed by atoms with Gasteiger partial charge < -0.3 is 14.3 Å². The maximum atomic E-state index is 14.4. The van der Waals surface area contributed by atoms with Gasteiger partial charge in [-0.2, -0.15) is 0 Å². The molecule has 24 heavy (non-hydrogen) atoms. The van der Waals surface area contributed by atoms with Crippen LogP contribution in [0.25, 0.3) is 0 Å². The molecule has 6 nitrogen and oxygen atoms in total. The van der Waals surface area contributed by atoms with Gasteiger partial charge in [0.2, 0.25) is 5.91 Å². The molecule has 1 N–H and O–H groups in total. The lowest BCUT2D eigenvalue weighted by Gasteiger charge is -2.37. The summed E-state index contributed by atoms with van der Waals surface area (Å²) in [6, 6.07) is 0. The van der Waals surface area contributed by atoms with E-state index >= 15 is 0 Å². The van der Waals surface area contributed by atoms with Crippen molar-refractivity contribution < 1.29 is 28.2 Å². The van der Waals surface area contributed by atoms with Crippen LogP contribution in [0.4, 0.5) is 4.39 Å². The monoisotopic (exact) mass is 359 g/mol. The third kappa shape index (κ3) is 3.77. The summed E-state index contributed by atoms with van der Waals surface area (Å²) in [5.74, 6) is -0.865. The van der Waals surface area contributed by atoms with Crippen molar-refractivity contribution in [2.75, 3.05) is 6.61 Å². The number of alkyl halides is 1. The van der Waals surface area contributed by atoms with Crippen molar-refractivity contribution in [3.63, 3.8) is 0 Å². The van der Waals surface area contributed by atoms with E-state index in [9.17, 15) is 19.1 Å². The first-order chi connectivity index (χ1) is 10.9. The number of allylic oxidation sites excluding steroid dienone is 1. The summed E-state index contributed by atoms with van der Waals surface area (Å²) in [7, 11) is -2.06. The van der Waals surface area contributed by atoms with Crippen LogP contribution in [-0.4, -0.2) is 61.2 Å². The van der Waals surface area contributed by atoms with Crippen molar-refractivity contribution in [2.24, 2.45) is 0 Å². The highest BCUT2D eigenvalue weighted by Crippen LogP contribution is 2.37. The zero-order chi connectivity index (χ0) is 18.3. The molecule has 0 aromatic carbocycles. The van der Waals surface area contributed by atoms with E-state index in [1.807, 2.05) is 0 Å². The first kappa shape index (κ1) is 19.2. The van der Waals surface area contributed by atoms with Gasteiger partial charge in [-0.1, -0.05) is 20.8 Å².